The van der Waals surface area contributed by atoms with Gasteiger partial charge in [-0.25, -0.2) is 18.2 Å². The van der Waals surface area contributed by atoms with E-state index >= 15 is 0 Å². The van der Waals surface area contributed by atoms with Gasteiger partial charge < -0.3 is 20.4 Å². The van der Waals surface area contributed by atoms with Crippen molar-refractivity contribution in [3.05, 3.63) is 76.2 Å². The maximum atomic E-state index is 14.0. The SMILES string of the molecule is CCc1nc(CN2C(=O)CN([C@H](C(=O)N[C@@H](Cc3ccccc3)[C@H](O)CN(CC(C)C)S(=O)(=O)c3ccc(O)cc3)C(C)C)C2=O)cs1. The van der Waals surface area contributed by atoms with Gasteiger partial charge in [0, 0.05) is 18.5 Å². The second-order valence-electron chi connectivity index (χ2n) is 12.7. The first kappa shape index (κ1) is 37.0. The average Bonchev–Trinajstić information content (AvgIpc) is 3.60. The fourth-order valence-corrected chi connectivity index (χ4v) is 8.04. The Hall–Kier alpha value is -3.85. The fraction of sp³-hybridized carbons (Fsp3) is 0.471. The van der Waals surface area contributed by atoms with E-state index in [9.17, 15) is 33.0 Å². The van der Waals surface area contributed by atoms with Crippen molar-refractivity contribution in [2.24, 2.45) is 11.8 Å². The van der Waals surface area contributed by atoms with Crippen molar-refractivity contribution >= 4 is 39.2 Å². The first-order valence-electron chi connectivity index (χ1n) is 16.1. The van der Waals surface area contributed by atoms with E-state index in [0.29, 0.717) is 5.69 Å². The third kappa shape index (κ3) is 8.98. The normalized spacial score (nSPS) is 15.9. The van der Waals surface area contributed by atoms with Gasteiger partial charge in [0.05, 0.1) is 34.3 Å². The summed E-state index contributed by atoms with van der Waals surface area (Å²) >= 11 is 1.46. The lowest BCUT2D eigenvalue weighted by molar-refractivity contribution is -0.129. The Morgan fingerprint density at radius 1 is 1.04 bits per heavy atom. The molecule has 0 spiro atoms. The molecular weight excluding hydrogens is 655 g/mol. The molecule has 3 aromatic rings. The van der Waals surface area contributed by atoms with Gasteiger partial charge in [0.15, 0.2) is 0 Å². The number of aliphatic hydroxyl groups excluding tert-OH is 1. The average molecular weight is 700 g/mol. The third-order valence-corrected chi connectivity index (χ3v) is 11.0. The number of phenols is 1. The summed E-state index contributed by atoms with van der Waals surface area (Å²) in [5, 5.41) is 27.0. The molecule has 14 heteroatoms. The molecule has 12 nitrogen and oxygen atoms in total. The second kappa shape index (κ2) is 16.0. The lowest BCUT2D eigenvalue weighted by atomic mass is 9.97. The van der Waals surface area contributed by atoms with Gasteiger partial charge in [-0.15, -0.1) is 11.3 Å². The minimum atomic E-state index is -4.08. The van der Waals surface area contributed by atoms with Crippen molar-refractivity contribution in [3.8, 4) is 5.75 Å². The molecule has 4 amide bonds. The van der Waals surface area contributed by atoms with Crippen LogP contribution in [0.5, 0.6) is 5.75 Å². The predicted octanol–water partition coefficient (Wildman–Crippen LogP) is 3.64. The Labute approximate surface area is 286 Å². The number of aromatic hydroxyl groups is 1. The van der Waals surface area contributed by atoms with Gasteiger partial charge in [0.25, 0.3) is 5.91 Å². The summed E-state index contributed by atoms with van der Waals surface area (Å²) < 4.78 is 28.6. The molecule has 4 rings (SSSR count). The highest BCUT2D eigenvalue weighted by molar-refractivity contribution is 7.89. The van der Waals surface area contributed by atoms with Gasteiger partial charge >= 0.3 is 6.03 Å². The quantitative estimate of drug-likeness (QED) is 0.191. The van der Waals surface area contributed by atoms with Crippen molar-refractivity contribution in [3.63, 3.8) is 0 Å². The van der Waals surface area contributed by atoms with Crippen LogP contribution in [0.3, 0.4) is 0 Å². The van der Waals surface area contributed by atoms with E-state index in [0.717, 1.165) is 21.9 Å². The van der Waals surface area contributed by atoms with Crippen LogP contribution in [0, 0.1) is 11.8 Å². The summed E-state index contributed by atoms with van der Waals surface area (Å²) in [6, 6.07) is 11.8. The van der Waals surface area contributed by atoms with Gasteiger partial charge in [-0.3, -0.25) is 14.5 Å². The van der Waals surface area contributed by atoms with E-state index in [1.54, 1.807) is 13.8 Å². The van der Waals surface area contributed by atoms with Crippen LogP contribution in [-0.2, 0) is 39.0 Å². The number of carbonyl (C=O) groups is 3. The zero-order chi connectivity index (χ0) is 35.2. The number of aryl methyl sites for hydroxylation is 1. The van der Waals surface area contributed by atoms with Crippen LogP contribution in [-0.4, -0.2) is 93.4 Å². The molecule has 48 heavy (non-hydrogen) atoms. The number of aliphatic hydroxyl groups is 1. The number of hydrogen-bond donors (Lipinski definition) is 3. The molecule has 0 bridgehead atoms. The van der Waals surface area contributed by atoms with E-state index in [1.807, 2.05) is 56.5 Å². The van der Waals surface area contributed by atoms with E-state index in [2.05, 4.69) is 10.3 Å². The highest BCUT2D eigenvalue weighted by Crippen LogP contribution is 2.24. The third-order valence-electron chi connectivity index (χ3n) is 8.07. The minimum Gasteiger partial charge on any atom is -0.508 e. The molecule has 1 saturated heterocycles. The van der Waals surface area contributed by atoms with E-state index in [1.165, 1.54) is 44.8 Å². The zero-order valence-electron chi connectivity index (χ0n) is 27.9. The van der Waals surface area contributed by atoms with E-state index in [4.69, 9.17) is 0 Å². The van der Waals surface area contributed by atoms with Crippen molar-refractivity contribution in [1.29, 1.82) is 0 Å². The first-order valence-corrected chi connectivity index (χ1v) is 18.4. The van der Waals surface area contributed by atoms with Crippen LogP contribution in [0.4, 0.5) is 4.79 Å². The largest absolute Gasteiger partial charge is 0.508 e. The lowest BCUT2D eigenvalue weighted by Gasteiger charge is -2.34. The summed E-state index contributed by atoms with van der Waals surface area (Å²) in [6.45, 7) is 8.74. The number of nitrogens with zero attached hydrogens (tertiary/aromatic N) is 4. The molecule has 1 aliphatic heterocycles. The Morgan fingerprint density at radius 3 is 2.29 bits per heavy atom. The number of imide groups is 1. The van der Waals surface area contributed by atoms with E-state index < -0.39 is 52.0 Å². The maximum absolute atomic E-state index is 14.0. The number of urea groups is 1. The number of carbonyl (C=O) groups excluding carboxylic acids is 3. The number of sulfonamides is 1. The molecule has 0 radical (unpaired) electrons. The number of amides is 4. The van der Waals surface area contributed by atoms with Gasteiger partial charge in [-0.05, 0) is 54.5 Å². The highest BCUT2D eigenvalue weighted by Gasteiger charge is 2.44. The van der Waals surface area contributed by atoms with Crippen molar-refractivity contribution in [2.45, 2.75) is 77.1 Å². The van der Waals surface area contributed by atoms with Crippen LogP contribution in [0.1, 0.15) is 50.9 Å². The summed E-state index contributed by atoms with van der Waals surface area (Å²) in [7, 11) is -4.08. The number of thiazole rings is 1. The molecule has 1 aromatic heterocycles. The van der Waals surface area contributed by atoms with Crippen molar-refractivity contribution in [1.82, 2.24) is 24.4 Å². The molecular formula is C34H45N5O7S2. The van der Waals surface area contributed by atoms with Crippen LogP contribution in [0.25, 0.3) is 0 Å². The van der Waals surface area contributed by atoms with Crippen LogP contribution in [0.2, 0.25) is 0 Å². The molecule has 2 aromatic carbocycles. The molecule has 0 aliphatic carbocycles. The molecule has 260 valence electrons. The molecule has 1 fully saturated rings. The summed E-state index contributed by atoms with van der Waals surface area (Å²) in [4.78, 5) is 47.4. The van der Waals surface area contributed by atoms with Crippen molar-refractivity contribution < 1.29 is 33.0 Å². The van der Waals surface area contributed by atoms with Crippen molar-refractivity contribution in [2.75, 3.05) is 19.6 Å². The zero-order valence-corrected chi connectivity index (χ0v) is 29.6. The Balaban J connectivity index is 1.58. The minimum absolute atomic E-state index is 0.00758. The van der Waals surface area contributed by atoms with Crippen LogP contribution < -0.4 is 5.32 Å². The number of phenolic OH excluding ortho intramolecular Hbond substituents is 1. The number of nitrogens with one attached hydrogen (secondary N) is 1. The summed E-state index contributed by atoms with van der Waals surface area (Å²) in [5.74, 6) is -1.56. The maximum Gasteiger partial charge on any atom is 0.328 e. The van der Waals surface area contributed by atoms with E-state index in [-0.39, 0.29) is 49.2 Å². The standard InChI is InChI=1S/C34H45N5O7S2/c1-6-30-35-25(21-47-30)18-38-31(42)20-39(34(38)44)32(23(4)5)33(43)36-28(16-24-10-8-7-9-11-24)29(41)19-37(17-22(2)3)48(45,46)27-14-12-26(40)13-15-27/h7-15,21-23,28-29,32,40-41H,6,16-20H2,1-5H3,(H,36,43)/t28-,29+,32-/m0/s1. The number of benzene rings is 2. The molecule has 3 N–H and O–H groups in total. The van der Waals surface area contributed by atoms with Crippen LogP contribution >= 0.6 is 11.3 Å². The van der Waals surface area contributed by atoms with Gasteiger partial charge in [-0.2, -0.15) is 4.31 Å². The predicted molar refractivity (Wildman–Crippen MR) is 183 cm³/mol. The molecule has 1 aliphatic rings. The van der Waals surface area contributed by atoms with Gasteiger partial charge in [-0.1, -0.05) is 65.0 Å². The topological polar surface area (TPSA) is 160 Å². The number of aromatic nitrogens is 1. The molecule has 0 saturated carbocycles. The molecule has 0 unspecified atom stereocenters. The van der Waals surface area contributed by atoms with Gasteiger partial charge in [0.2, 0.25) is 15.9 Å². The second-order valence-corrected chi connectivity index (χ2v) is 15.6. The van der Waals surface area contributed by atoms with Crippen LogP contribution in [0.15, 0.2) is 64.9 Å². The number of hydrogen-bond acceptors (Lipinski definition) is 9. The smallest absolute Gasteiger partial charge is 0.328 e. The van der Waals surface area contributed by atoms with Gasteiger partial charge in [0.1, 0.15) is 18.3 Å². The number of rotatable bonds is 16. The summed E-state index contributed by atoms with van der Waals surface area (Å²) in [6.07, 6.45) is -0.435. The Morgan fingerprint density at radius 2 is 1.71 bits per heavy atom. The highest BCUT2D eigenvalue weighted by atomic mass is 32.2. The molecule has 3 atom stereocenters. The summed E-state index contributed by atoms with van der Waals surface area (Å²) in [5.41, 5.74) is 1.40. The Kier molecular flexibility index (Phi) is 12.4. The molecule has 2 heterocycles. The lowest BCUT2D eigenvalue weighted by Crippen LogP contribution is -2.57. The first-order chi connectivity index (χ1) is 22.7. The monoisotopic (exact) mass is 699 g/mol. The fourth-order valence-electron chi connectivity index (χ4n) is 5.68. The Bertz CT molecular complexity index is 1660.